The molecule has 0 saturated carbocycles. The zero-order valence-electron chi connectivity index (χ0n) is 18.1. The van der Waals surface area contributed by atoms with E-state index in [1.807, 2.05) is 0 Å². The largest absolute Gasteiger partial charge is 0.496 e. The first-order valence-electron chi connectivity index (χ1n) is 10.1. The van der Waals surface area contributed by atoms with E-state index >= 15 is 0 Å². The number of amides is 1. The molecule has 1 fully saturated rings. The first kappa shape index (κ1) is 22.4. The zero-order valence-corrected chi connectivity index (χ0v) is 19.7. The molecule has 0 radical (unpaired) electrons. The molecule has 1 saturated heterocycles. The summed E-state index contributed by atoms with van der Waals surface area (Å²) < 4.78 is 43.4. The number of hydrogen-bond donors (Lipinski definition) is 2. The molecule has 3 aromatic rings. The van der Waals surface area contributed by atoms with Gasteiger partial charge in [-0.05, 0) is 31.0 Å². The number of benzene rings is 1. The van der Waals surface area contributed by atoms with E-state index in [9.17, 15) is 13.2 Å². The number of carbonyl (C=O) groups excluding carboxylic acids is 1. The van der Waals surface area contributed by atoms with Gasteiger partial charge in [0.1, 0.15) is 15.7 Å². The minimum Gasteiger partial charge on any atom is -0.496 e. The topological polar surface area (TPSA) is 110 Å². The van der Waals surface area contributed by atoms with Gasteiger partial charge in [0.25, 0.3) is 15.9 Å². The van der Waals surface area contributed by atoms with Gasteiger partial charge in [-0.3, -0.25) is 4.79 Å². The first-order chi connectivity index (χ1) is 15.4. The minimum absolute atomic E-state index is 0.214. The van der Waals surface area contributed by atoms with Gasteiger partial charge in [-0.2, -0.15) is 4.31 Å². The number of hydrogen-bond acceptors (Lipinski definition) is 7. The highest BCUT2D eigenvalue weighted by molar-refractivity contribution is 7.91. The van der Waals surface area contributed by atoms with Crippen molar-refractivity contribution in [2.45, 2.75) is 23.6 Å². The van der Waals surface area contributed by atoms with Crippen LogP contribution in [0, 0.1) is 0 Å². The van der Waals surface area contributed by atoms with Crippen molar-refractivity contribution < 1.29 is 27.4 Å². The second-order valence-corrected chi connectivity index (χ2v) is 10.6. The van der Waals surface area contributed by atoms with E-state index in [4.69, 9.17) is 14.2 Å². The van der Waals surface area contributed by atoms with Gasteiger partial charge in [-0.25, -0.2) is 8.42 Å². The highest BCUT2D eigenvalue weighted by atomic mass is 32.2. The maximum atomic E-state index is 12.8. The number of nitrogens with one attached hydrogen (secondary N) is 2. The molecule has 1 aliphatic heterocycles. The Labute approximate surface area is 190 Å². The quantitative estimate of drug-likeness (QED) is 0.514. The molecule has 11 heteroatoms. The highest BCUT2D eigenvalue weighted by Gasteiger charge is 2.28. The molecule has 1 aromatic carbocycles. The fourth-order valence-electron chi connectivity index (χ4n) is 3.77. The van der Waals surface area contributed by atoms with Crippen LogP contribution >= 0.6 is 11.3 Å². The summed E-state index contributed by atoms with van der Waals surface area (Å²) in [6, 6.07) is 6.72. The number of aromatic nitrogens is 1. The third kappa shape index (κ3) is 4.03. The summed E-state index contributed by atoms with van der Waals surface area (Å²) >= 11 is 1.17. The average Bonchev–Trinajstić information content (AvgIpc) is 3.56. The minimum atomic E-state index is -3.45. The second-order valence-electron chi connectivity index (χ2n) is 7.30. The van der Waals surface area contributed by atoms with Gasteiger partial charge in [-0.1, -0.05) is 0 Å². The lowest BCUT2D eigenvalue weighted by Crippen LogP contribution is -2.27. The van der Waals surface area contributed by atoms with E-state index in [0.717, 1.165) is 17.7 Å². The number of aromatic amines is 1. The van der Waals surface area contributed by atoms with Crippen molar-refractivity contribution in [1.82, 2.24) is 14.6 Å². The molecule has 0 aliphatic carbocycles. The molecule has 0 bridgehead atoms. The summed E-state index contributed by atoms with van der Waals surface area (Å²) in [4.78, 5) is 16.6. The number of methoxy groups -OCH3 is 3. The van der Waals surface area contributed by atoms with E-state index in [2.05, 4.69) is 10.3 Å². The van der Waals surface area contributed by atoms with E-state index < -0.39 is 10.0 Å². The average molecular weight is 480 g/mol. The van der Waals surface area contributed by atoms with Crippen molar-refractivity contribution in [1.29, 1.82) is 0 Å². The highest BCUT2D eigenvalue weighted by Crippen LogP contribution is 2.41. The fraction of sp³-hybridized carbons (Fsp3) is 0.381. The van der Waals surface area contributed by atoms with E-state index in [-0.39, 0.29) is 12.5 Å². The molecular formula is C21H25N3O6S2. The predicted octanol–water partition coefficient (Wildman–Crippen LogP) is 2.97. The molecule has 172 valence electrons. The zero-order chi connectivity index (χ0) is 22.9. The normalized spacial score (nSPS) is 14.6. The van der Waals surface area contributed by atoms with Gasteiger partial charge >= 0.3 is 0 Å². The van der Waals surface area contributed by atoms with Gasteiger partial charge in [-0.15, -0.1) is 11.3 Å². The van der Waals surface area contributed by atoms with Crippen molar-refractivity contribution >= 4 is 38.2 Å². The van der Waals surface area contributed by atoms with Crippen LogP contribution < -0.4 is 19.5 Å². The molecule has 1 aliphatic rings. The number of thiophene rings is 1. The third-order valence-electron chi connectivity index (χ3n) is 5.40. The number of H-pyrrole nitrogens is 1. The van der Waals surface area contributed by atoms with Crippen LogP contribution in [0.2, 0.25) is 0 Å². The van der Waals surface area contributed by atoms with Crippen molar-refractivity contribution in [3.05, 3.63) is 34.8 Å². The van der Waals surface area contributed by atoms with Crippen molar-refractivity contribution in [3.8, 4) is 17.2 Å². The molecule has 1 amide bonds. The third-order valence-corrected chi connectivity index (χ3v) is 8.86. The van der Waals surface area contributed by atoms with Crippen LogP contribution in [0.4, 0.5) is 0 Å². The number of sulfonamides is 1. The Bertz CT molecular complexity index is 1240. The van der Waals surface area contributed by atoms with Crippen molar-refractivity contribution in [2.24, 2.45) is 0 Å². The van der Waals surface area contributed by atoms with Crippen LogP contribution in [0.15, 0.2) is 28.5 Å². The molecule has 0 spiro atoms. The molecular weight excluding hydrogens is 454 g/mol. The lowest BCUT2D eigenvalue weighted by molar-refractivity contribution is 0.0947. The van der Waals surface area contributed by atoms with Gasteiger partial charge in [0.15, 0.2) is 11.5 Å². The Hall–Kier alpha value is -2.76. The standard InChI is InChI=1S/C21H25N3O6S2/c1-28-16-11-17(29-2)20(30-3)19-14(16)10-15(23-19)21(25)22-12-13-6-7-18(31-13)32(26,27)24-8-4-5-9-24/h6-7,10-11,23H,4-5,8-9,12H2,1-3H3,(H,22,25). The lowest BCUT2D eigenvalue weighted by Gasteiger charge is -2.13. The van der Waals surface area contributed by atoms with Crippen LogP contribution in [-0.4, -0.2) is 58.0 Å². The smallest absolute Gasteiger partial charge is 0.268 e. The lowest BCUT2D eigenvalue weighted by atomic mass is 10.2. The van der Waals surface area contributed by atoms with Gasteiger partial charge < -0.3 is 24.5 Å². The monoisotopic (exact) mass is 479 g/mol. The summed E-state index contributed by atoms with van der Waals surface area (Å²) in [6.45, 7) is 1.33. The number of rotatable bonds is 8. The molecule has 2 aromatic heterocycles. The predicted molar refractivity (Wildman–Crippen MR) is 121 cm³/mol. The van der Waals surface area contributed by atoms with E-state index in [1.165, 1.54) is 37.0 Å². The fourth-order valence-corrected chi connectivity index (χ4v) is 6.74. The molecule has 4 rings (SSSR count). The van der Waals surface area contributed by atoms with Crippen LogP contribution in [0.5, 0.6) is 17.2 Å². The maximum Gasteiger partial charge on any atom is 0.268 e. The summed E-state index contributed by atoms with van der Waals surface area (Å²) in [6.07, 6.45) is 1.78. The summed E-state index contributed by atoms with van der Waals surface area (Å²) in [5.74, 6) is 1.16. The van der Waals surface area contributed by atoms with Crippen LogP contribution in [0.3, 0.4) is 0 Å². The second kappa shape index (κ2) is 9.00. The number of nitrogens with zero attached hydrogens (tertiary/aromatic N) is 1. The Morgan fingerprint density at radius 3 is 2.47 bits per heavy atom. The van der Waals surface area contributed by atoms with E-state index in [0.29, 0.717) is 51.1 Å². The van der Waals surface area contributed by atoms with E-state index in [1.54, 1.807) is 24.3 Å². The van der Waals surface area contributed by atoms with Gasteiger partial charge in [0.2, 0.25) is 0 Å². The SMILES string of the molecule is COc1cc(OC)c2cc(C(=O)NCc3ccc(S(=O)(=O)N4CCCC4)s3)[nH]c2c1OC. The Kier molecular flexibility index (Phi) is 6.31. The number of ether oxygens (including phenoxy) is 3. The summed E-state index contributed by atoms with van der Waals surface area (Å²) in [5, 5.41) is 3.52. The first-order valence-corrected chi connectivity index (χ1v) is 12.3. The number of carbonyl (C=O) groups is 1. The van der Waals surface area contributed by atoms with Gasteiger partial charge in [0.05, 0.1) is 33.4 Å². The molecule has 3 heterocycles. The van der Waals surface area contributed by atoms with Crippen molar-refractivity contribution in [2.75, 3.05) is 34.4 Å². The van der Waals surface area contributed by atoms with Crippen LogP contribution in [0.1, 0.15) is 28.2 Å². The molecule has 0 unspecified atom stereocenters. The number of fused-ring (bicyclic) bond motifs is 1. The molecule has 2 N–H and O–H groups in total. The molecule has 32 heavy (non-hydrogen) atoms. The Morgan fingerprint density at radius 2 is 1.81 bits per heavy atom. The van der Waals surface area contributed by atoms with Crippen molar-refractivity contribution in [3.63, 3.8) is 0 Å². The maximum absolute atomic E-state index is 12.8. The summed E-state index contributed by atoms with van der Waals surface area (Å²) in [5.41, 5.74) is 0.912. The summed E-state index contributed by atoms with van der Waals surface area (Å²) in [7, 11) is 1.13. The molecule has 9 nitrogen and oxygen atoms in total. The van der Waals surface area contributed by atoms with Gasteiger partial charge in [0, 0.05) is 29.4 Å². The Balaban J connectivity index is 1.52. The van der Waals surface area contributed by atoms with Crippen LogP contribution in [0.25, 0.3) is 10.9 Å². The Morgan fingerprint density at radius 1 is 1.09 bits per heavy atom. The van der Waals surface area contributed by atoms with Crippen LogP contribution in [-0.2, 0) is 16.6 Å². The molecule has 0 atom stereocenters.